The fourth-order valence-electron chi connectivity index (χ4n) is 2.65. The number of thioether (sulfide) groups is 1. The Morgan fingerprint density at radius 3 is 2.78 bits per heavy atom. The van der Waals surface area contributed by atoms with Gasteiger partial charge in [0.15, 0.2) is 0 Å². The van der Waals surface area contributed by atoms with Gasteiger partial charge < -0.3 is 10.1 Å². The molecule has 1 aromatic heterocycles. The molecular weight excluding hydrogens is 358 g/mol. The maximum atomic E-state index is 5.93. The molecule has 0 aliphatic rings. The summed E-state index contributed by atoms with van der Waals surface area (Å²) in [5, 5.41) is 15.8. The lowest BCUT2D eigenvalue weighted by atomic mass is 10.1. The number of rotatable bonds is 10. The molecule has 3 rings (SSSR count). The van der Waals surface area contributed by atoms with Crippen LogP contribution in [-0.2, 0) is 20.2 Å². The zero-order valence-corrected chi connectivity index (χ0v) is 16.6. The first-order valence-electron chi connectivity index (χ1n) is 9.04. The van der Waals surface area contributed by atoms with Crippen LogP contribution >= 0.6 is 11.8 Å². The van der Waals surface area contributed by atoms with E-state index >= 15 is 0 Å². The summed E-state index contributed by atoms with van der Waals surface area (Å²) >= 11 is 1.67. The van der Waals surface area contributed by atoms with E-state index in [4.69, 9.17) is 4.74 Å². The highest BCUT2D eigenvalue weighted by molar-refractivity contribution is 7.99. The lowest BCUT2D eigenvalue weighted by Gasteiger charge is -2.09. The topological polar surface area (TPSA) is 64.9 Å². The Balaban J connectivity index is 1.36. The van der Waals surface area contributed by atoms with Gasteiger partial charge in [-0.2, -0.15) is 0 Å². The molecule has 27 heavy (non-hydrogen) atoms. The molecule has 0 unspecified atom stereocenters. The van der Waals surface area contributed by atoms with Crippen molar-refractivity contribution in [2.24, 2.45) is 7.05 Å². The van der Waals surface area contributed by atoms with Crippen LogP contribution in [0.2, 0.25) is 0 Å². The molecule has 0 saturated heterocycles. The van der Waals surface area contributed by atoms with Gasteiger partial charge >= 0.3 is 0 Å². The van der Waals surface area contributed by atoms with Gasteiger partial charge in [-0.25, -0.2) is 4.68 Å². The molecule has 7 heteroatoms. The van der Waals surface area contributed by atoms with E-state index in [0.717, 1.165) is 36.2 Å². The summed E-state index contributed by atoms with van der Waals surface area (Å²) in [5.41, 5.74) is 3.67. The van der Waals surface area contributed by atoms with Gasteiger partial charge in [0.1, 0.15) is 12.4 Å². The summed E-state index contributed by atoms with van der Waals surface area (Å²) < 4.78 is 7.63. The van der Waals surface area contributed by atoms with Crippen molar-refractivity contribution < 1.29 is 4.74 Å². The minimum absolute atomic E-state index is 0.590. The minimum atomic E-state index is 0.590. The Morgan fingerprint density at radius 1 is 1.11 bits per heavy atom. The average molecular weight is 384 g/mol. The largest absolute Gasteiger partial charge is 0.489 e. The zero-order valence-electron chi connectivity index (χ0n) is 15.8. The van der Waals surface area contributed by atoms with Crippen molar-refractivity contribution in [1.29, 1.82) is 0 Å². The molecule has 0 aliphatic carbocycles. The number of nitrogens with one attached hydrogen (secondary N) is 1. The van der Waals surface area contributed by atoms with Crippen LogP contribution in [0, 0.1) is 6.92 Å². The average Bonchev–Trinajstić information content (AvgIpc) is 3.08. The first-order valence-corrected chi connectivity index (χ1v) is 10.0. The van der Waals surface area contributed by atoms with Crippen molar-refractivity contribution in [3.63, 3.8) is 0 Å². The molecule has 0 atom stereocenters. The second kappa shape index (κ2) is 10.1. The van der Waals surface area contributed by atoms with E-state index in [1.807, 2.05) is 19.2 Å². The third kappa shape index (κ3) is 6.37. The zero-order chi connectivity index (χ0) is 18.9. The SMILES string of the molecule is Cc1cccc(COc2cccc(CNCCCSc3nnnn3C)c2)c1. The lowest BCUT2D eigenvalue weighted by molar-refractivity contribution is 0.306. The molecule has 0 saturated carbocycles. The minimum Gasteiger partial charge on any atom is -0.489 e. The molecular formula is C20H25N5OS. The van der Waals surface area contributed by atoms with Gasteiger partial charge in [-0.1, -0.05) is 53.7 Å². The summed E-state index contributed by atoms with van der Waals surface area (Å²) in [5.74, 6) is 1.89. The first kappa shape index (κ1) is 19.4. The van der Waals surface area contributed by atoms with Gasteiger partial charge in [-0.05, 0) is 53.6 Å². The van der Waals surface area contributed by atoms with E-state index in [0.29, 0.717) is 6.61 Å². The summed E-state index contributed by atoms with van der Waals surface area (Å²) in [6.45, 7) is 4.47. The van der Waals surface area contributed by atoms with Crippen LogP contribution in [0.1, 0.15) is 23.1 Å². The number of ether oxygens (including phenoxy) is 1. The van der Waals surface area contributed by atoms with Crippen molar-refractivity contribution in [3.8, 4) is 5.75 Å². The molecule has 3 aromatic rings. The predicted molar refractivity (Wildman–Crippen MR) is 108 cm³/mol. The van der Waals surface area contributed by atoms with Crippen LogP contribution in [0.5, 0.6) is 5.75 Å². The predicted octanol–water partition coefficient (Wildman–Crippen LogP) is 3.37. The summed E-state index contributed by atoms with van der Waals surface area (Å²) in [6.07, 6.45) is 1.06. The molecule has 142 valence electrons. The second-order valence-electron chi connectivity index (χ2n) is 6.39. The number of benzene rings is 2. The normalized spacial score (nSPS) is 10.9. The fraction of sp³-hybridized carbons (Fsp3) is 0.350. The van der Waals surface area contributed by atoms with Crippen molar-refractivity contribution >= 4 is 11.8 Å². The van der Waals surface area contributed by atoms with Crippen LogP contribution in [0.15, 0.2) is 53.7 Å². The maximum absolute atomic E-state index is 5.93. The van der Waals surface area contributed by atoms with Gasteiger partial charge in [0.05, 0.1) is 0 Å². The lowest BCUT2D eigenvalue weighted by Crippen LogP contribution is -2.15. The molecule has 0 aliphatic heterocycles. The molecule has 6 nitrogen and oxygen atoms in total. The standard InChI is InChI=1S/C20H25N5OS/c1-16-6-3-8-18(12-16)15-26-19-9-4-7-17(13-19)14-21-10-5-11-27-20-22-23-24-25(20)2/h3-4,6-9,12-13,21H,5,10-11,14-15H2,1-2H3. The molecule has 0 fully saturated rings. The van der Waals surface area contributed by atoms with E-state index in [-0.39, 0.29) is 0 Å². The second-order valence-corrected chi connectivity index (χ2v) is 7.45. The first-order chi connectivity index (χ1) is 13.2. The number of aromatic nitrogens is 4. The van der Waals surface area contributed by atoms with Gasteiger partial charge in [-0.3, -0.25) is 0 Å². The maximum Gasteiger partial charge on any atom is 0.209 e. The van der Waals surface area contributed by atoms with Crippen LogP contribution < -0.4 is 10.1 Å². The highest BCUT2D eigenvalue weighted by Crippen LogP contribution is 2.16. The highest BCUT2D eigenvalue weighted by atomic mass is 32.2. The molecule has 1 heterocycles. The summed E-state index contributed by atoms with van der Waals surface area (Å²) in [7, 11) is 1.86. The molecule has 0 spiro atoms. The van der Waals surface area contributed by atoms with Gasteiger partial charge in [0.25, 0.3) is 0 Å². The van der Waals surface area contributed by atoms with Gasteiger partial charge in [0, 0.05) is 19.3 Å². The monoisotopic (exact) mass is 383 g/mol. The number of nitrogens with zero attached hydrogens (tertiary/aromatic N) is 4. The van der Waals surface area contributed by atoms with Crippen molar-refractivity contribution in [3.05, 3.63) is 65.2 Å². The van der Waals surface area contributed by atoms with Gasteiger partial charge in [-0.15, -0.1) is 5.10 Å². The van der Waals surface area contributed by atoms with E-state index in [1.165, 1.54) is 16.7 Å². The Labute approximate surface area is 164 Å². The fourth-order valence-corrected chi connectivity index (χ4v) is 3.44. The molecule has 1 N–H and O–H groups in total. The molecule has 2 aromatic carbocycles. The molecule has 0 radical (unpaired) electrons. The number of tetrazole rings is 1. The Morgan fingerprint density at radius 2 is 1.96 bits per heavy atom. The van der Waals surface area contributed by atoms with Crippen molar-refractivity contribution in [2.75, 3.05) is 12.3 Å². The van der Waals surface area contributed by atoms with Gasteiger partial charge in [0.2, 0.25) is 5.16 Å². The Kier molecular flexibility index (Phi) is 7.24. The summed E-state index contributed by atoms with van der Waals surface area (Å²) in [4.78, 5) is 0. The van der Waals surface area contributed by atoms with Crippen LogP contribution in [0.3, 0.4) is 0 Å². The van der Waals surface area contributed by atoms with Crippen molar-refractivity contribution in [2.45, 2.75) is 31.7 Å². The Bertz CT molecular complexity index is 852. The van der Waals surface area contributed by atoms with Crippen LogP contribution in [0.4, 0.5) is 0 Å². The third-order valence-electron chi connectivity index (χ3n) is 4.03. The smallest absolute Gasteiger partial charge is 0.209 e. The van der Waals surface area contributed by atoms with Crippen LogP contribution in [-0.4, -0.2) is 32.5 Å². The molecule has 0 bridgehead atoms. The highest BCUT2D eigenvalue weighted by Gasteiger charge is 2.02. The van der Waals surface area contributed by atoms with E-state index in [2.05, 4.69) is 64.2 Å². The third-order valence-corrected chi connectivity index (χ3v) is 5.12. The van der Waals surface area contributed by atoms with E-state index in [1.54, 1.807) is 16.4 Å². The van der Waals surface area contributed by atoms with Crippen LogP contribution in [0.25, 0.3) is 0 Å². The quantitative estimate of drug-likeness (QED) is 0.428. The van der Waals surface area contributed by atoms with E-state index < -0.39 is 0 Å². The number of hydrogen-bond donors (Lipinski definition) is 1. The van der Waals surface area contributed by atoms with Crippen molar-refractivity contribution in [1.82, 2.24) is 25.5 Å². The number of hydrogen-bond acceptors (Lipinski definition) is 6. The van der Waals surface area contributed by atoms with E-state index in [9.17, 15) is 0 Å². The molecule has 0 amide bonds. The summed E-state index contributed by atoms with van der Waals surface area (Å²) in [6, 6.07) is 16.7. The Hall–Kier alpha value is -2.38. The number of aryl methyl sites for hydroxylation is 2.